The summed E-state index contributed by atoms with van der Waals surface area (Å²) < 4.78 is 6.45. The zero-order valence-corrected chi connectivity index (χ0v) is 16.1. The predicted octanol–water partition coefficient (Wildman–Crippen LogP) is 2.40. The molecule has 0 spiro atoms. The van der Waals surface area contributed by atoms with Crippen molar-refractivity contribution in [3.05, 3.63) is 109 Å². The fourth-order valence-electron chi connectivity index (χ4n) is 3.40. The van der Waals surface area contributed by atoms with Crippen LogP contribution in [-0.4, -0.2) is 26.7 Å². The van der Waals surface area contributed by atoms with Gasteiger partial charge in [-0.1, -0.05) is 0 Å². The molecule has 3 heteroatoms. The summed E-state index contributed by atoms with van der Waals surface area (Å²) in [5.41, 5.74) is 0. The topological polar surface area (TPSA) is 17.8 Å². The molecule has 0 saturated heterocycles. The molecule has 0 atom stereocenters. The van der Waals surface area contributed by atoms with Gasteiger partial charge < -0.3 is 0 Å². The minimum atomic E-state index is -3.44. The van der Waals surface area contributed by atoms with E-state index in [2.05, 4.69) is 100 Å². The molecule has 4 rings (SSSR count). The average Bonchev–Trinajstić information content (AvgIpc) is 3.20. The average molecular weight is 417 g/mol. The monoisotopic (exact) mass is 418 g/mol. The van der Waals surface area contributed by atoms with Gasteiger partial charge in [0.05, 0.1) is 0 Å². The second-order valence-electron chi connectivity index (χ2n) is 5.76. The van der Waals surface area contributed by atoms with Crippen molar-refractivity contribution in [3.8, 4) is 0 Å². The van der Waals surface area contributed by atoms with E-state index in [1.807, 2.05) is 12.3 Å². The van der Waals surface area contributed by atoms with Gasteiger partial charge in [-0.15, -0.1) is 0 Å². The predicted molar refractivity (Wildman–Crippen MR) is 102 cm³/mol. The van der Waals surface area contributed by atoms with Crippen LogP contribution in [0.3, 0.4) is 0 Å². The quantitative estimate of drug-likeness (QED) is 0.467. The first kappa shape index (κ1) is 15.2. The van der Waals surface area contributed by atoms with Crippen LogP contribution in [0.25, 0.3) is 0 Å². The van der Waals surface area contributed by atoms with Crippen molar-refractivity contribution in [1.29, 1.82) is 0 Å². The van der Waals surface area contributed by atoms with Crippen molar-refractivity contribution in [2.24, 2.45) is 0 Å². The second kappa shape index (κ2) is 6.65. The molecule has 1 aromatic heterocycles. The van der Waals surface area contributed by atoms with E-state index in [-0.39, 0.29) is 0 Å². The van der Waals surface area contributed by atoms with Gasteiger partial charge in [0, 0.05) is 0 Å². The second-order valence-corrected chi connectivity index (χ2v) is 16.1. The Morgan fingerprint density at radius 2 is 0.958 bits per heavy atom. The van der Waals surface area contributed by atoms with Crippen LogP contribution in [0.2, 0.25) is 0 Å². The Balaban J connectivity index is 2.12. The van der Waals surface area contributed by atoms with Crippen LogP contribution in [0.4, 0.5) is 0 Å². The van der Waals surface area contributed by atoms with Gasteiger partial charge in [-0.3, -0.25) is 0 Å². The van der Waals surface area contributed by atoms with Gasteiger partial charge in [0.15, 0.2) is 0 Å². The van der Waals surface area contributed by atoms with E-state index < -0.39 is 18.7 Å². The Morgan fingerprint density at radius 3 is 1.29 bits per heavy atom. The first-order chi connectivity index (χ1) is 11.9. The van der Waals surface area contributed by atoms with E-state index in [0.717, 1.165) is 0 Å². The van der Waals surface area contributed by atoms with Crippen LogP contribution >= 0.6 is 0 Å². The van der Waals surface area contributed by atoms with E-state index >= 15 is 0 Å². The van der Waals surface area contributed by atoms with Gasteiger partial charge in [0.25, 0.3) is 0 Å². The Labute approximate surface area is 146 Å². The van der Waals surface area contributed by atoms with E-state index in [0.29, 0.717) is 0 Å². The van der Waals surface area contributed by atoms with Crippen LogP contribution in [0.5, 0.6) is 0 Å². The molecule has 0 aliphatic rings. The van der Waals surface area contributed by atoms with Gasteiger partial charge in [0.1, 0.15) is 0 Å². The number of aromatic nitrogens is 2. The molecule has 0 aliphatic heterocycles. The summed E-state index contributed by atoms with van der Waals surface area (Å²) in [7, 11) is 0. The molecule has 4 aromatic rings. The van der Waals surface area contributed by atoms with Crippen LogP contribution in [-0.2, 0) is 0 Å². The molecule has 0 N–H and O–H groups in total. The number of nitrogens with zero attached hydrogens (tertiary/aromatic N) is 2. The normalized spacial score (nSPS) is 11.3. The van der Waals surface area contributed by atoms with Gasteiger partial charge in [0.2, 0.25) is 0 Å². The van der Waals surface area contributed by atoms with E-state index in [1.165, 1.54) is 10.7 Å². The van der Waals surface area contributed by atoms with Crippen molar-refractivity contribution in [2.75, 3.05) is 0 Å². The van der Waals surface area contributed by atoms with Crippen molar-refractivity contribution in [1.82, 2.24) is 8.00 Å². The fraction of sp³-hybridized carbons (Fsp3) is 0. The van der Waals surface area contributed by atoms with Crippen LogP contribution < -0.4 is 10.7 Å². The molecule has 2 nitrogen and oxygen atoms in total. The minimum absolute atomic E-state index is 1.40. The van der Waals surface area contributed by atoms with Crippen LogP contribution in [0.1, 0.15) is 0 Å². The Morgan fingerprint density at radius 1 is 0.542 bits per heavy atom. The standard InChI is InChI=1S/3C6H5.C3H3N2.Sn/c3*1-2-4-6-5-3-1;1-2-4-5-3-1;/h3*1-5H;1-3H;/q;;;-1;+1. The first-order valence-electron chi connectivity index (χ1n) is 8.09. The maximum atomic E-state index is 4.73. The number of hydrogen-bond acceptors (Lipinski definition) is 1. The molecular weight excluding hydrogens is 399 g/mol. The molecule has 3 aromatic carbocycles. The molecule has 0 radical (unpaired) electrons. The maximum absolute atomic E-state index is 4.73. The number of hydrogen-bond donors (Lipinski definition) is 0. The summed E-state index contributed by atoms with van der Waals surface area (Å²) in [5, 5.41) is 4.73. The van der Waals surface area contributed by atoms with Crippen LogP contribution in [0, 0.1) is 0 Å². The molecule has 0 saturated carbocycles. The molecule has 0 fully saturated rings. The third-order valence-corrected chi connectivity index (χ3v) is 17.1. The summed E-state index contributed by atoms with van der Waals surface area (Å²) in [4.78, 5) is 0. The Bertz CT molecular complexity index is 792. The Hall–Kier alpha value is -2.33. The zero-order valence-electron chi connectivity index (χ0n) is 13.3. The molecular formula is C21H18N2Sn. The third kappa shape index (κ3) is 2.47. The summed E-state index contributed by atoms with van der Waals surface area (Å²) >= 11 is -3.44. The van der Waals surface area contributed by atoms with E-state index in [4.69, 9.17) is 5.10 Å². The summed E-state index contributed by atoms with van der Waals surface area (Å²) in [6.45, 7) is 0. The molecule has 0 unspecified atom stereocenters. The first-order valence-corrected chi connectivity index (χ1v) is 13.6. The summed E-state index contributed by atoms with van der Waals surface area (Å²) in [6, 6.07) is 34.7. The van der Waals surface area contributed by atoms with Crippen molar-refractivity contribution < 1.29 is 0 Å². The van der Waals surface area contributed by atoms with Crippen molar-refractivity contribution >= 4 is 29.4 Å². The zero-order chi connectivity index (χ0) is 16.2. The number of benzene rings is 3. The van der Waals surface area contributed by atoms with E-state index in [1.54, 1.807) is 0 Å². The van der Waals surface area contributed by atoms with E-state index in [9.17, 15) is 0 Å². The van der Waals surface area contributed by atoms with Gasteiger partial charge in [-0.05, 0) is 0 Å². The molecule has 0 aliphatic carbocycles. The van der Waals surface area contributed by atoms with Gasteiger partial charge in [-0.25, -0.2) is 0 Å². The number of rotatable bonds is 4. The Kier molecular flexibility index (Phi) is 4.22. The van der Waals surface area contributed by atoms with Gasteiger partial charge >= 0.3 is 147 Å². The molecule has 116 valence electrons. The van der Waals surface area contributed by atoms with Crippen molar-refractivity contribution in [2.45, 2.75) is 0 Å². The van der Waals surface area contributed by atoms with Crippen LogP contribution in [0.15, 0.2) is 109 Å². The SMILES string of the molecule is c1cc[c]([Sn]([c]2ccccc2)([c]2ccccc2)[n]2cccn2)cc1. The molecule has 0 amide bonds. The molecule has 24 heavy (non-hydrogen) atoms. The van der Waals surface area contributed by atoms with Gasteiger partial charge in [-0.2, -0.15) is 0 Å². The summed E-state index contributed by atoms with van der Waals surface area (Å²) in [6.07, 6.45) is 4.02. The summed E-state index contributed by atoms with van der Waals surface area (Å²) in [5.74, 6) is 0. The molecule has 1 heterocycles. The molecule has 0 bridgehead atoms. The van der Waals surface area contributed by atoms with Crippen molar-refractivity contribution in [3.63, 3.8) is 0 Å². The third-order valence-electron chi connectivity index (χ3n) is 4.42. The fourth-order valence-corrected chi connectivity index (χ4v) is 15.9.